The van der Waals surface area contributed by atoms with E-state index >= 15 is 0 Å². The third-order valence-corrected chi connectivity index (χ3v) is 6.82. The van der Waals surface area contributed by atoms with E-state index in [-0.39, 0.29) is 15.8 Å². The van der Waals surface area contributed by atoms with Gasteiger partial charge in [0.2, 0.25) is 0 Å². The summed E-state index contributed by atoms with van der Waals surface area (Å²) in [7, 11) is -2.49. The van der Waals surface area contributed by atoms with Crippen LogP contribution < -0.4 is 15.4 Å². The van der Waals surface area contributed by atoms with E-state index in [1.165, 1.54) is 36.6 Å². The Kier molecular flexibility index (Phi) is 6.93. The molecule has 3 rings (SSSR count). The maximum Gasteiger partial charge on any atom is 0.340 e. The Bertz CT molecular complexity index is 1200. The Morgan fingerprint density at radius 1 is 1.23 bits per heavy atom. The number of esters is 1. The molecule has 2 aromatic heterocycles. The zero-order valence-corrected chi connectivity index (χ0v) is 19.3. The second-order valence-corrected chi connectivity index (χ2v) is 9.56. The number of thiophene rings is 1. The predicted octanol–water partition coefficient (Wildman–Crippen LogP) is 4.00. The van der Waals surface area contributed by atoms with Gasteiger partial charge in [0, 0.05) is 16.6 Å². The molecular formula is C19H20N4O5S3. The van der Waals surface area contributed by atoms with Crippen molar-refractivity contribution in [2.75, 3.05) is 22.5 Å². The summed E-state index contributed by atoms with van der Waals surface area (Å²) in [4.78, 5) is 13.0. The van der Waals surface area contributed by atoms with Gasteiger partial charge in [0.25, 0.3) is 10.0 Å². The number of hydrogen-bond acceptors (Lipinski definition) is 8. The third-order valence-electron chi connectivity index (χ3n) is 4.05. The number of carbonyl (C=O) groups is 1. The fourth-order valence-corrected chi connectivity index (χ4v) is 4.82. The molecule has 0 fully saturated rings. The number of carbonyl (C=O) groups excluding carboxylic acids is 1. The van der Waals surface area contributed by atoms with Crippen LogP contribution in [0.4, 0.5) is 16.5 Å². The molecule has 0 aliphatic carbocycles. The van der Waals surface area contributed by atoms with Gasteiger partial charge in [-0.15, -0.1) is 11.3 Å². The van der Waals surface area contributed by atoms with Gasteiger partial charge in [-0.3, -0.25) is 4.72 Å². The molecule has 0 radical (unpaired) electrons. The number of methoxy groups -OCH3 is 1. The van der Waals surface area contributed by atoms with Gasteiger partial charge in [-0.05, 0) is 55.9 Å². The van der Waals surface area contributed by atoms with Crippen molar-refractivity contribution in [3.8, 4) is 0 Å². The van der Waals surface area contributed by atoms with E-state index in [9.17, 15) is 13.2 Å². The second-order valence-electron chi connectivity index (χ2n) is 6.33. The fourth-order valence-electron chi connectivity index (χ4n) is 2.56. The van der Waals surface area contributed by atoms with Crippen LogP contribution in [0.2, 0.25) is 0 Å². The molecule has 3 N–H and O–H groups in total. The number of ether oxygens (including phenoxy) is 1. The number of hydrogen-bond donors (Lipinski definition) is 3. The summed E-state index contributed by atoms with van der Waals surface area (Å²) in [6, 6.07) is 9.26. The summed E-state index contributed by atoms with van der Waals surface area (Å²) in [5.41, 5.74) is 0.977. The molecule has 3 aromatic rings. The highest BCUT2D eigenvalue weighted by atomic mass is 32.2. The molecule has 0 bridgehead atoms. The van der Waals surface area contributed by atoms with Crippen LogP contribution in [-0.4, -0.2) is 31.8 Å². The first-order valence-corrected chi connectivity index (χ1v) is 11.8. The molecule has 12 heteroatoms. The summed E-state index contributed by atoms with van der Waals surface area (Å²) < 4.78 is 36.9. The van der Waals surface area contributed by atoms with Gasteiger partial charge in [0.05, 0.1) is 17.6 Å². The molecule has 0 aliphatic rings. The molecule has 31 heavy (non-hydrogen) atoms. The summed E-state index contributed by atoms with van der Waals surface area (Å²) in [6.45, 7) is 3.65. The van der Waals surface area contributed by atoms with Crippen LogP contribution in [0, 0.1) is 6.92 Å². The Morgan fingerprint density at radius 2 is 1.94 bits per heavy atom. The van der Waals surface area contributed by atoms with Gasteiger partial charge >= 0.3 is 5.97 Å². The highest BCUT2D eigenvalue weighted by Crippen LogP contribution is 2.29. The molecular weight excluding hydrogens is 460 g/mol. The Labute approximate surface area is 188 Å². The lowest BCUT2D eigenvalue weighted by molar-refractivity contribution is 0.0602. The van der Waals surface area contributed by atoms with Crippen LogP contribution in [0.1, 0.15) is 27.9 Å². The quantitative estimate of drug-likeness (QED) is 0.340. The van der Waals surface area contributed by atoms with Gasteiger partial charge in [-0.1, -0.05) is 12.1 Å². The molecule has 0 amide bonds. The Balaban J connectivity index is 1.68. The topological polar surface area (TPSA) is 123 Å². The van der Waals surface area contributed by atoms with Crippen molar-refractivity contribution in [3.63, 3.8) is 0 Å². The maximum atomic E-state index is 12.5. The lowest BCUT2D eigenvalue weighted by atomic mass is 10.2. The number of benzene rings is 1. The molecule has 164 valence electrons. The number of thiocarbonyl (C=S) groups is 1. The number of aryl methyl sites for hydroxylation is 2. The maximum absolute atomic E-state index is 12.5. The number of nitrogens with zero attached hydrogens (tertiary/aromatic N) is 1. The van der Waals surface area contributed by atoms with E-state index < -0.39 is 16.0 Å². The summed E-state index contributed by atoms with van der Waals surface area (Å²) in [6.07, 6.45) is 0.772. The second kappa shape index (κ2) is 9.45. The van der Waals surface area contributed by atoms with Crippen molar-refractivity contribution in [1.29, 1.82) is 0 Å². The zero-order valence-electron chi connectivity index (χ0n) is 16.9. The van der Waals surface area contributed by atoms with E-state index in [1.807, 2.05) is 6.92 Å². The third kappa shape index (κ3) is 5.60. The van der Waals surface area contributed by atoms with Crippen LogP contribution in [0.3, 0.4) is 0 Å². The first-order chi connectivity index (χ1) is 14.7. The summed E-state index contributed by atoms with van der Waals surface area (Å²) in [5.74, 6) is 0.143. The standard InChI is InChI=1S/C19H20N4O5S3/c1-4-13-10-15(18(24)27-3)17(30-13)21-19(29)20-12-5-7-14(8-6-12)31(25,26)23-16-9-11(2)28-22-16/h5-10H,4H2,1-3H3,(H,22,23)(H2,20,21,29). The van der Waals surface area contributed by atoms with Crippen molar-refractivity contribution in [2.45, 2.75) is 25.2 Å². The van der Waals surface area contributed by atoms with Crippen LogP contribution >= 0.6 is 23.6 Å². The number of rotatable bonds is 7. The highest BCUT2D eigenvalue weighted by Gasteiger charge is 2.18. The predicted molar refractivity (Wildman–Crippen MR) is 123 cm³/mol. The number of nitrogens with one attached hydrogen (secondary N) is 3. The van der Waals surface area contributed by atoms with Gasteiger partial charge in [-0.2, -0.15) is 0 Å². The first-order valence-electron chi connectivity index (χ1n) is 9.07. The van der Waals surface area contributed by atoms with E-state index in [0.717, 1.165) is 11.3 Å². The van der Waals surface area contributed by atoms with Crippen molar-refractivity contribution < 1.29 is 22.5 Å². The van der Waals surface area contributed by atoms with Gasteiger partial charge in [0.15, 0.2) is 10.9 Å². The molecule has 1 aromatic carbocycles. The minimum Gasteiger partial charge on any atom is -0.465 e. The van der Waals surface area contributed by atoms with Crippen molar-refractivity contribution in [2.24, 2.45) is 0 Å². The number of aromatic nitrogens is 1. The minimum atomic E-state index is -3.81. The van der Waals surface area contributed by atoms with E-state index in [2.05, 4.69) is 20.5 Å². The molecule has 0 atom stereocenters. The molecule has 9 nitrogen and oxygen atoms in total. The smallest absolute Gasteiger partial charge is 0.340 e. The summed E-state index contributed by atoms with van der Waals surface area (Å²) >= 11 is 6.73. The Morgan fingerprint density at radius 3 is 2.52 bits per heavy atom. The highest BCUT2D eigenvalue weighted by molar-refractivity contribution is 7.92. The van der Waals surface area contributed by atoms with Gasteiger partial charge in [0.1, 0.15) is 10.8 Å². The largest absolute Gasteiger partial charge is 0.465 e. The average Bonchev–Trinajstić information content (AvgIpc) is 3.33. The first kappa shape index (κ1) is 22.7. The Hall–Kier alpha value is -2.96. The van der Waals surface area contributed by atoms with E-state index in [4.69, 9.17) is 21.5 Å². The lowest BCUT2D eigenvalue weighted by Gasteiger charge is -2.11. The number of sulfonamides is 1. The van der Waals surface area contributed by atoms with Crippen LogP contribution in [-0.2, 0) is 21.2 Å². The monoisotopic (exact) mass is 480 g/mol. The zero-order chi connectivity index (χ0) is 22.6. The normalized spacial score (nSPS) is 11.1. The average molecular weight is 481 g/mol. The van der Waals surface area contributed by atoms with E-state index in [1.54, 1.807) is 25.1 Å². The SMILES string of the molecule is CCc1cc(C(=O)OC)c(NC(=S)Nc2ccc(S(=O)(=O)Nc3cc(C)on3)cc2)s1. The summed E-state index contributed by atoms with van der Waals surface area (Å²) in [5, 5.41) is 10.4. The van der Waals surface area contributed by atoms with Crippen molar-refractivity contribution in [3.05, 3.63) is 52.6 Å². The van der Waals surface area contributed by atoms with E-state index in [0.29, 0.717) is 22.0 Å². The molecule has 2 heterocycles. The van der Waals surface area contributed by atoms with Crippen molar-refractivity contribution in [1.82, 2.24) is 5.16 Å². The number of anilines is 3. The van der Waals surface area contributed by atoms with Crippen LogP contribution in [0.15, 0.2) is 45.8 Å². The van der Waals surface area contributed by atoms with Gasteiger partial charge < -0.3 is 19.9 Å². The minimum absolute atomic E-state index is 0.0522. The van der Waals surface area contributed by atoms with Crippen LogP contribution in [0.5, 0.6) is 0 Å². The van der Waals surface area contributed by atoms with Crippen molar-refractivity contribution >= 4 is 61.2 Å². The fraction of sp³-hybridized carbons (Fsp3) is 0.211. The molecule has 0 saturated carbocycles. The molecule has 0 saturated heterocycles. The van der Waals surface area contributed by atoms with Crippen LogP contribution in [0.25, 0.3) is 0 Å². The molecule has 0 spiro atoms. The molecule has 0 aliphatic heterocycles. The lowest BCUT2D eigenvalue weighted by Crippen LogP contribution is -2.20. The van der Waals surface area contributed by atoms with Gasteiger partial charge in [-0.25, -0.2) is 13.2 Å². The molecule has 0 unspecified atom stereocenters.